The fourth-order valence-corrected chi connectivity index (χ4v) is 2.45. The molecule has 1 fully saturated rings. The number of nitrogens with zero attached hydrogens (tertiary/aromatic N) is 4. The molecule has 0 aromatic carbocycles. The van der Waals surface area contributed by atoms with Crippen LogP contribution in [0.3, 0.4) is 0 Å². The number of aromatic nitrogens is 3. The zero-order valence-electron chi connectivity index (χ0n) is 14.9. The van der Waals surface area contributed by atoms with Gasteiger partial charge in [-0.15, -0.1) is 0 Å². The van der Waals surface area contributed by atoms with Crippen molar-refractivity contribution in [3.63, 3.8) is 0 Å². The smallest absolute Gasteiger partial charge is 0.434 e. The Hall–Kier alpha value is -2.01. The molecule has 154 valence electrons. The van der Waals surface area contributed by atoms with Crippen LogP contribution >= 0.6 is 0 Å². The van der Waals surface area contributed by atoms with Gasteiger partial charge in [-0.25, -0.2) is 0 Å². The van der Waals surface area contributed by atoms with E-state index in [-0.39, 0.29) is 17.9 Å². The summed E-state index contributed by atoms with van der Waals surface area (Å²) in [5, 5.41) is 2.83. The lowest BCUT2D eigenvalue weighted by atomic mass is 10.1. The molecule has 0 bridgehead atoms. The summed E-state index contributed by atoms with van der Waals surface area (Å²) >= 11 is 0. The lowest BCUT2D eigenvalue weighted by molar-refractivity contribution is -0.301. The summed E-state index contributed by atoms with van der Waals surface area (Å²) in [5.74, 6) is -0.133. The van der Waals surface area contributed by atoms with E-state index in [1.54, 1.807) is 11.8 Å². The Kier molecular flexibility index (Phi) is 6.58. The quantitative estimate of drug-likeness (QED) is 0.729. The zero-order valence-corrected chi connectivity index (χ0v) is 14.9. The molecule has 2 rings (SSSR count). The maximum Gasteiger partial charge on any atom is 0.434 e. The van der Waals surface area contributed by atoms with Crippen LogP contribution in [-0.2, 0) is 0 Å². The number of piperidine rings is 1. The monoisotopic (exact) mass is 401 g/mol. The third-order valence-electron chi connectivity index (χ3n) is 4.05. The maximum absolute atomic E-state index is 12.8. The van der Waals surface area contributed by atoms with Gasteiger partial charge in [0.2, 0.25) is 11.9 Å². The van der Waals surface area contributed by atoms with Crippen LogP contribution in [-0.4, -0.2) is 52.5 Å². The SMILES string of the molecule is CCC(C)Nc1nc(OC(C(F)(F)F)C(F)(F)F)nc(N2CCCCC2)n1. The third-order valence-corrected chi connectivity index (χ3v) is 4.05. The first-order valence-corrected chi connectivity index (χ1v) is 8.58. The van der Waals surface area contributed by atoms with Crippen LogP contribution < -0.4 is 15.0 Å². The molecule has 1 saturated heterocycles. The topological polar surface area (TPSA) is 63.2 Å². The molecule has 1 aromatic heterocycles. The van der Waals surface area contributed by atoms with E-state index in [2.05, 4.69) is 25.0 Å². The van der Waals surface area contributed by atoms with Gasteiger partial charge in [0.1, 0.15) is 0 Å². The summed E-state index contributed by atoms with van der Waals surface area (Å²) < 4.78 is 80.8. The molecule has 0 saturated carbocycles. The van der Waals surface area contributed by atoms with Crippen molar-refractivity contribution in [2.45, 2.75) is 64.0 Å². The van der Waals surface area contributed by atoms with Gasteiger partial charge >= 0.3 is 18.4 Å². The van der Waals surface area contributed by atoms with Crippen molar-refractivity contribution < 1.29 is 31.1 Å². The summed E-state index contributed by atoms with van der Waals surface area (Å²) in [6.45, 7) is 4.73. The molecular formula is C15H21F6N5O. The third kappa shape index (κ3) is 5.99. The minimum absolute atomic E-state index is 0.00592. The van der Waals surface area contributed by atoms with E-state index >= 15 is 0 Å². The number of anilines is 2. The second-order valence-corrected chi connectivity index (χ2v) is 6.32. The van der Waals surface area contributed by atoms with Crippen LogP contribution in [0.5, 0.6) is 6.01 Å². The lowest BCUT2D eigenvalue weighted by Crippen LogP contribution is -2.47. The molecule has 0 spiro atoms. The number of hydrogen-bond acceptors (Lipinski definition) is 6. The fourth-order valence-electron chi connectivity index (χ4n) is 2.45. The second kappa shape index (κ2) is 8.34. The Labute approximate surface area is 152 Å². The number of ether oxygens (including phenoxy) is 1. The van der Waals surface area contributed by atoms with Crippen molar-refractivity contribution >= 4 is 11.9 Å². The van der Waals surface area contributed by atoms with E-state index in [9.17, 15) is 26.3 Å². The van der Waals surface area contributed by atoms with Gasteiger partial charge in [-0.1, -0.05) is 6.92 Å². The Morgan fingerprint density at radius 3 is 2.11 bits per heavy atom. The van der Waals surface area contributed by atoms with E-state index in [0.717, 1.165) is 19.3 Å². The number of halogens is 6. The Morgan fingerprint density at radius 1 is 1.00 bits per heavy atom. The van der Waals surface area contributed by atoms with Gasteiger partial charge in [0.25, 0.3) is 6.10 Å². The fraction of sp³-hybridized carbons (Fsp3) is 0.800. The van der Waals surface area contributed by atoms with Crippen LogP contribution in [0.2, 0.25) is 0 Å². The van der Waals surface area contributed by atoms with E-state index in [1.807, 2.05) is 6.92 Å². The van der Waals surface area contributed by atoms with Crippen molar-refractivity contribution in [3.8, 4) is 6.01 Å². The average molecular weight is 401 g/mol. The minimum Gasteiger partial charge on any atom is -0.440 e. The predicted molar refractivity (Wildman–Crippen MR) is 85.8 cm³/mol. The normalized spacial score (nSPS) is 17.1. The van der Waals surface area contributed by atoms with Crippen LogP contribution in [0.15, 0.2) is 0 Å². The standard InChI is InChI=1S/C15H21F6N5O/c1-3-9(2)22-11-23-12(26-7-5-4-6-8-26)25-13(24-11)27-10(14(16,17)18)15(19,20)21/h9-10H,3-8H2,1-2H3,(H,22,23,24,25). The zero-order chi connectivity index (χ0) is 20.2. The molecule has 1 N–H and O–H groups in total. The molecule has 1 atom stereocenters. The van der Waals surface area contributed by atoms with Crippen molar-refractivity contribution in [1.29, 1.82) is 0 Å². The van der Waals surface area contributed by atoms with Gasteiger partial charge in [-0.05, 0) is 32.6 Å². The van der Waals surface area contributed by atoms with Crippen molar-refractivity contribution in [2.75, 3.05) is 23.3 Å². The summed E-state index contributed by atoms with van der Waals surface area (Å²) in [6.07, 6.45) is -12.0. The molecule has 2 heterocycles. The highest BCUT2D eigenvalue weighted by molar-refractivity contribution is 5.39. The van der Waals surface area contributed by atoms with Crippen LogP contribution in [0.4, 0.5) is 38.2 Å². The first-order valence-electron chi connectivity index (χ1n) is 8.58. The molecule has 1 aliphatic rings. The van der Waals surface area contributed by atoms with Gasteiger partial charge in [-0.2, -0.15) is 41.3 Å². The molecule has 0 radical (unpaired) electrons. The van der Waals surface area contributed by atoms with Crippen molar-refractivity contribution in [2.24, 2.45) is 0 Å². The summed E-state index contributed by atoms with van der Waals surface area (Å²) in [6, 6.07) is -1.16. The number of rotatable bonds is 6. The number of nitrogens with one attached hydrogen (secondary N) is 1. The van der Waals surface area contributed by atoms with Crippen LogP contribution in [0.1, 0.15) is 39.5 Å². The van der Waals surface area contributed by atoms with Gasteiger partial charge in [0.15, 0.2) is 0 Å². The van der Waals surface area contributed by atoms with Crippen LogP contribution in [0, 0.1) is 0 Å². The van der Waals surface area contributed by atoms with Gasteiger partial charge < -0.3 is 15.0 Å². The second-order valence-electron chi connectivity index (χ2n) is 6.32. The summed E-state index contributed by atoms with van der Waals surface area (Å²) in [5.41, 5.74) is 0. The first kappa shape index (κ1) is 21.3. The molecule has 0 amide bonds. The Balaban J connectivity index is 2.36. The molecule has 1 aliphatic heterocycles. The van der Waals surface area contributed by atoms with Crippen LogP contribution in [0.25, 0.3) is 0 Å². The lowest BCUT2D eigenvalue weighted by Gasteiger charge is -2.28. The molecule has 1 aromatic rings. The highest BCUT2D eigenvalue weighted by Crippen LogP contribution is 2.36. The van der Waals surface area contributed by atoms with E-state index in [1.165, 1.54) is 0 Å². The summed E-state index contributed by atoms with van der Waals surface area (Å²) in [4.78, 5) is 13.1. The Morgan fingerprint density at radius 2 is 1.59 bits per heavy atom. The number of hydrogen-bond donors (Lipinski definition) is 1. The predicted octanol–water partition coefficient (Wildman–Crippen LogP) is 3.94. The minimum atomic E-state index is -5.65. The molecule has 6 nitrogen and oxygen atoms in total. The highest BCUT2D eigenvalue weighted by atomic mass is 19.4. The van der Waals surface area contributed by atoms with Crippen molar-refractivity contribution in [1.82, 2.24) is 15.0 Å². The average Bonchev–Trinajstić information content (AvgIpc) is 2.58. The Bertz CT molecular complexity index is 604. The van der Waals surface area contributed by atoms with E-state index in [4.69, 9.17) is 0 Å². The molecular weight excluding hydrogens is 380 g/mol. The molecule has 1 unspecified atom stereocenters. The molecule has 12 heteroatoms. The highest BCUT2D eigenvalue weighted by Gasteiger charge is 2.59. The maximum atomic E-state index is 12.8. The first-order chi connectivity index (χ1) is 12.5. The van der Waals surface area contributed by atoms with Gasteiger partial charge in [-0.3, -0.25) is 0 Å². The van der Waals surface area contributed by atoms with E-state index in [0.29, 0.717) is 19.5 Å². The largest absolute Gasteiger partial charge is 0.440 e. The van der Waals surface area contributed by atoms with Crippen molar-refractivity contribution in [3.05, 3.63) is 0 Å². The van der Waals surface area contributed by atoms with E-state index < -0.39 is 24.5 Å². The molecule has 27 heavy (non-hydrogen) atoms. The summed E-state index contributed by atoms with van der Waals surface area (Å²) in [7, 11) is 0. The van der Waals surface area contributed by atoms with Gasteiger partial charge in [0.05, 0.1) is 0 Å². The number of alkyl halides is 6. The molecule has 0 aliphatic carbocycles. The van der Waals surface area contributed by atoms with Gasteiger partial charge in [0, 0.05) is 19.1 Å².